The van der Waals surface area contributed by atoms with Crippen LogP contribution in [0.25, 0.3) is 0 Å². The number of rotatable bonds is 4. The van der Waals surface area contributed by atoms with Crippen molar-refractivity contribution in [3.63, 3.8) is 0 Å². The molecule has 0 saturated heterocycles. The van der Waals surface area contributed by atoms with Crippen molar-refractivity contribution in [2.45, 2.75) is 18.2 Å². The number of halogens is 1. The molecule has 0 fully saturated rings. The summed E-state index contributed by atoms with van der Waals surface area (Å²) in [5.41, 5.74) is 0.633. The molecule has 0 aliphatic heterocycles. The first-order valence-electron chi connectivity index (χ1n) is 4.92. The molecule has 0 heterocycles. The number of hydrogen-bond acceptors (Lipinski definition) is 3. The van der Waals surface area contributed by atoms with E-state index in [2.05, 4.69) is 5.32 Å². The average Bonchev–Trinajstić information content (AvgIpc) is 2.15. The van der Waals surface area contributed by atoms with Crippen LogP contribution >= 0.6 is 11.6 Å². The van der Waals surface area contributed by atoms with E-state index in [0.717, 1.165) is 0 Å². The largest absolute Gasteiger partial charge is 0.356 e. The Bertz CT molecular complexity index is 528. The van der Waals surface area contributed by atoms with E-state index in [0.29, 0.717) is 12.1 Å². The zero-order valence-electron chi connectivity index (χ0n) is 9.23. The van der Waals surface area contributed by atoms with Gasteiger partial charge in [0, 0.05) is 6.54 Å². The van der Waals surface area contributed by atoms with Crippen LogP contribution in [0, 0.1) is 0 Å². The highest BCUT2D eigenvalue weighted by Gasteiger charge is 2.13. The van der Waals surface area contributed by atoms with Crippen LogP contribution in [0.3, 0.4) is 0 Å². The Balaban J connectivity index is 2.94. The number of carbonyl (C=O) groups is 1. The Labute approximate surface area is 105 Å². The molecule has 0 atom stereocenters. The SMILES string of the molecule is CCNC(=O)Cc1ccc(S(N)(=O)=O)c(Cl)c1. The van der Waals surface area contributed by atoms with Crippen LogP contribution in [0.5, 0.6) is 0 Å². The highest BCUT2D eigenvalue weighted by atomic mass is 35.5. The summed E-state index contributed by atoms with van der Waals surface area (Å²) in [5, 5.41) is 7.62. The highest BCUT2D eigenvalue weighted by molar-refractivity contribution is 7.89. The number of nitrogens with one attached hydrogen (secondary N) is 1. The third kappa shape index (κ3) is 3.99. The molecule has 1 aromatic rings. The summed E-state index contributed by atoms with van der Waals surface area (Å²) in [7, 11) is -3.82. The Morgan fingerprint density at radius 1 is 1.47 bits per heavy atom. The molecule has 1 amide bonds. The molecule has 0 aromatic heterocycles. The molecule has 5 nitrogen and oxygen atoms in total. The molecule has 0 unspecified atom stereocenters. The van der Waals surface area contributed by atoms with Gasteiger partial charge >= 0.3 is 0 Å². The van der Waals surface area contributed by atoms with Gasteiger partial charge in [0.25, 0.3) is 0 Å². The van der Waals surface area contributed by atoms with E-state index in [-0.39, 0.29) is 22.2 Å². The Morgan fingerprint density at radius 3 is 2.59 bits per heavy atom. The average molecular weight is 277 g/mol. The van der Waals surface area contributed by atoms with Crippen LogP contribution in [0.4, 0.5) is 0 Å². The van der Waals surface area contributed by atoms with E-state index < -0.39 is 10.0 Å². The molecular weight excluding hydrogens is 264 g/mol. The second-order valence-electron chi connectivity index (χ2n) is 3.44. The first-order valence-corrected chi connectivity index (χ1v) is 6.85. The fourth-order valence-corrected chi connectivity index (χ4v) is 2.44. The first kappa shape index (κ1) is 14.0. The number of hydrogen-bond donors (Lipinski definition) is 2. The van der Waals surface area contributed by atoms with Crippen LogP contribution in [0.1, 0.15) is 12.5 Å². The number of likely N-dealkylation sites (N-methyl/N-ethyl adjacent to an activating group) is 1. The van der Waals surface area contributed by atoms with Crippen LogP contribution in [-0.2, 0) is 21.2 Å². The van der Waals surface area contributed by atoms with Gasteiger partial charge in [0.2, 0.25) is 15.9 Å². The maximum atomic E-state index is 11.3. The second-order valence-corrected chi connectivity index (χ2v) is 5.38. The maximum absolute atomic E-state index is 11.3. The van der Waals surface area contributed by atoms with Gasteiger partial charge in [0.05, 0.1) is 11.4 Å². The number of primary sulfonamides is 1. The second kappa shape index (κ2) is 5.48. The van der Waals surface area contributed by atoms with E-state index in [9.17, 15) is 13.2 Å². The van der Waals surface area contributed by atoms with Gasteiger partial charge in [-0.2, -0.15) is 0 Å². The minimum Gasteiger partial charge on any atom is -0.356 e. The lowest BCUT2D eigenvalue weighted by Crippen LogP contribution is -2.24. The van der Waals surface area contributed by atoms with Gasteiger partial charge in [0.15, 0.2) is 0 Å². The van der Waals surface area contributed by atoms with Crippen LogP contribution in [0.15, 0.2) is 23.1 Å². The summed E-state index contributed by atoms with van der Waals surface area (Å²) in [6.07, 6.45) is 0.151. The number of benzene rings is 1. The van der Waals surface area contributed by atoms with Crippen molar-refractivity contribution in [3.8, 4) is 0 Å². The molecule has 0 saturated carbocycles. The molecule has 94 valence electrons. The molecule has 3 N–H and O–H groups in total. The van der Waals surface area contributed by atoms with Crippen molar-refractivity contribution < 1.29 is 13.2 Å². The summed E-state index contributed by atoms with van der Waals surface area (Å²) >= 11 is 5.78. The Kier molecular flexibility index (Phi) is 4.50. The van der Waals surface area contributed by atoms with E-state index >= 15 is 0 Å². The molecule has 0 aliphatic carbocycles. The van der Waals surface area contributed by atoms with Gasteiger partial charge in [-0.15, -0.1) is 0 Å². The van der Waals surface area contributed by atoms with Gasteiger partial charge in [0.1, 0.15) is 4.90 Å². The van der Waals surface area contributed by atoms with Crippen LogP contribution in [-0.4, -0.2) is 20.9 Å². The summed E-state index contributed by atoms with van der Waals surface area (Å²) < 4.78 is 22.2. The zero-order valence-corrected chi connectivity index (χ0v) is 10.8. The molecule has 0 bridgehead atoms. The predicted octanol–water partition coefficient (Wildman–Crippen LogP) is 0.666. The number of carbonyl (C=O) groups excluding carboxylic acids is 1. The molecule has 1 aromatic carbocycles. The summed E-state index contributed by atoms with van der Waals surface area (Å²) in [5.74, 6) is -0.146. The molecule has 0 radical (unpaired) electrons. The molecule has 0 aliphatic rings. The molecule has 17 heavy (non-hydrogen) atoms. The van der Waals surface area contributed by atoms with E-state index in [1.807, 2.05) is 6.92 Å². The molecule has 7 heteroatoms. The Morgan fingerprint density at radius 2 is 2.12 bits per heavy atom. The van der Waals surface area contributed by atoms with Crippen LogP contribution < -0.4 is 10.5 Å². The predicted molar refractivity (Wildman–Crippen MR) is 65.2 cm³/mol. The fourth-order valence-electron chi connectivity index (χ4n) is 1.33. The third-order valence-electron chi connectivity index (χ3n) is 2.04. The first-order chi connectivity index (χ1) is 7.84. The quantitative estimate of drug-likeness (QED) is 0.847. The van der Waals surface area contributed by atoms with Crippen molar-refractivity contribution in [2.24, 2.45) is 5.14 Å². The normalized spacial score (nSPS) is 11.2. The van der Waals surface area contributed by atoms with Crippen LogP contribution in [0.2, 0.25) is 5.02 Å². The molecule has 1 rings (SSSR count). The third-order valence-corrected chi connectivity index (χ3v) is 3.44. The van der Waals surface area contributed by atoms with Crippen molar-refractivity contribution in [1.82, 2.24) is 5.32 Å². The highest BCUT2D eigenvalue weighted by Crippen LogP contribution is 2.21. The summed E-state index contributed by atoms with van der Waals surface area (Å²) in [6, 6.07) is 4.24. The topological polar surface area (TPSA) is 89.3 Å². The number of amides is 1. The zero-order chi connectivity index (χ0) is 13.1. The van der Waals surface area contributed by atoms with E-state index in [4.69, 9.17) is 16.7 Å². The van der Waals surface area contributed by atoms with Crippen molar-refractivity contribution in [3.05, 3.63) is 28.8 Å². The lowest BCUT2D eigenvalue weighted by atomic mass is 10.1. The van der Waals surface area contributed by atoms with Gasteiger partial charge in [-0.25, -0.2) is 13.6 Å². The smallest absolute Gasteiger partial charge is 0.239 e. The minimum atomic E-state index is -3.82. The number of nitrogens with two attached hydrogens (primary N) is 1. The van der Waals surface area contributed by atoms with Gasteiger partial charge in [-0.05, 0) is 24.6 Å². The van der Waals surface area contributed by atoms with Crippen molar-refractivity contribution in [2.75, 3.05) is 6.54 Å². The van der Waals surface area contributed by atoms with E-state index in [1.165, 1.54) is 18.2 Å². The van der Waals surface area contributed by atoms with Gasteiger partial charge < -0.3 is 5.32 Å². The van der Waals surface area contributed by atoms with Crippen molar-refractivity contribution in [1.29, 1.82) is 0 Å². The number of sulfonamides is 1. The standard InChI is InChI=1S/C10H13ClN2O3S/c1-2-13-10(14)6-7-3-4-9(8(11)5-7)17(12,15)16/h3-5H,2,6H2,1H3,(H,13,14)(H2,12,15,16). The van der Waals surface area contributed by atoms with Gasteiger partial charge in [-0.1, -0.05) is 17.7 Å². The lowest BCUT2D eigenvalue weighted by molar-refractivity contribution is -0.120. The fraction of sp³-hybridized carbons (Fsp3) is 0.300. The minimum absolute atomic E-state index is 0.0225. The van der Waals surface area contributed by atoms with E-state index in [1.54, 1.807) is 0 Å². The molecular formula is C10H13ClN2O3S. The summed E-state index contributed by atoms with van der Waals surface area (Å²) in [4.78, 5) is 11.2. The summed E-state index contributed by atoms with van der Waals surface area (Å²) in [6.45, 7) is 2.36. The monoisotopic (exact) mass is 276 g/mol. The maximum Gasteiger partial charge on any atom is 0.239 e. The van der Waals surface area contributed by atoms with Crippen molar-refractivity contribution >= 4 is 27.5 Å². The molecule has 0 spiro atoms. The van der Waals surface area contributed by atoms with Gasteiger partial charge in [-0.3, -0.25) is 4.79 Å². The Hall–Kier alpha value is -1.11. The lowest BCUT2D eigenvalue weighted by Gasteiger charge is -2.05.